The Morgan fingerprint density at radius 1 is 1.43 bits per heavy atom. The molecule has 132 valence electrons. The number of hydrogen-bond donors (Lipinski definition) is 2. The van der Waals surface area contributed by atoms with E-state index >= 15 is 0 Å². The fourth-order valence-electron chi connectivity index (χ4n) is 3.08. The van der Waals surface area contributed by atoms with Gasteiger partial charge in [-0.25, -0.2) is 0 Å². The zero-order chi connectivity index (χ0) is 15.9. The van der Waals surface area contributed by atoms with Crippen LogP contribution in [0.2, 0.25) is 0 Å². The molecule has 2 heterocycles. The summed E-state index contributed by atoms with van der Waals surface area (Å²) in [6.45, 7) is 9.58. The van der Waals surface area contributed by atoms with Crippen molar-refractivity contribution >= 4 is 29.9 Å². The highest BCUT2D eigenvalue weighted by Gasteiger charge is 2.21. The van der Waals surface area contributed by atoms with E-state index in [0.29, 0.717) is 6.04 Å². The van der Waals surface area contributed by atoms with Crippen LogP contribution in [-0.2, 0) is 0 Å². The van der Waals surface area contributed by atoms with Crippen molar-refractivity contribution in [2.24, 2.45) is 4.99 Å². The van der Waals surface area contributed by atoms with Gasteiger partial charge < -0.3 is 15.1 Å². The van der Waals surface area contributed by atoms with E-state index < -0.39 is 0 Å². The molecule has 2 atom stereocenters. The lowest BCUT2D eigenvalue weighted by molar-refractivity contribution is 0.157. The molecule has 1 aromatic rings. The van der Waals surface area contributed by atoms with Gasteiger partial charge in [0.05, 0.1) is 6.04 Å². The Kier molecular flexibility index (Phi) is 8.98. The molecular formula is C17H31IN4O. The highest BCUT2D eigenvalue weighted by molar-refractivity contribution is 14.0. The number of likely N-dealkylation sites (N-methyl/N-ethyl adjacent to an activating group) is 1. The molecule has 1 aliphatic rings. The van der Waals surface area contributed by atoms with Gasteiger partial charge >= 0.3 is 0 Å². The first-order chi connectivity index (χ1) is 10.6. The van der Waals surface area contributed by atoms with Crippen LogP contribution in [0.3, 0.4) is 0 Å². The van der Waals surface area contributed by atoms with Crippen LogP contribution in [0.25, 0.3) is 0 Å². The summed E-state index contributed by atoms with van der Waals surface area (Å²) in [6, 6.07) is 4.72. The van der Waals surface area contributed by atoms with E-state index in [1.807, 2.05) is 26.1 Å². The maximum atomic E-state index is 5.67. The maximum absolute atomic E-state index is 5.67. The Labute approximate surface area is 157 Å². The molecule has 2 unspecified atom stereocenters. The highest BCUT2D eigenvalue weighted by Crippen LogP contribution is 2.17. The van der Waals surface area contributed by atoms with Crippen LogP contribution in [0.1, 0.15) is 50.7 Å². The van der Waals surface area contributed by atoms with E-state index in [1.54, 1.807) is 0 Å². The number of halogens is 1. The van der Waals surface area contributed by atoms with Crippen LogP contribution in [0.5, 0.6) is 0 Å². The summed E-state index contributed by atoms with van der Waals surface area (Å²) in [5.41, 5.74) is 0. The Morgan fingerprint density at radius 3 is 2.83 bits per heavy atom. The van der Waals surface area contributed by atoms with Crippen LogP contribution in [0.15, 0.2) is 21.5 Å². The molecule has 0 radical (unpaired) electrons. The maximum Gasteiger partial charge on any atom is 0.191 e. The molecule has 5 nitrogen and oxygen atoms in total. The third kappa shape index (κ3) is 5.99. The van der Waals surface area contributed by atoms with Crippen molar-refractivity contribution in [3.63, 3.8) is 0 Å². The number of likely N-dealkylation sites (tertiary alicyclic amines) is 1. The molecular weight excluding hydrogens is 403 g/mol. The van der Waals surface area contributed by atoms with Crippen molar-refractivity contribution in [2.45, 2.75) is 52.1 Å². The molecule has 0 spiro atoms. The van der Waals surface area contributed by atoms with Crippen molar-refractivity contribution in [1.29, 1.82) is 0 Å². The minimum Gasteiger partial charge on any atom is -0.464 e. The molecule has 1 aromatic heterocycles. The van der Waals surface area contributed by atoms with Crippen LogP contribution in [0.4, 0.5) is 0 Å². The normalized spacial score (nSPS) is 20.7. The van der Waals surface area contributed by atoms with Gasteiger partial charge in [-0.1, -0.05) is 13.3 Å². The van der Waals surface area contributed by atoms with E-state index in [-0.39, 0.29) is 30.0 Å². The zero-order valence-electron chi connectivity index (χ0n) is 14.8. The van der Waals surface area contributed by atoms with Gasteiger partial charge in [-0.2, -0.15) is 0 Å². The quantitative estimate of drug-likeness (QED) is 0.424. The molecule has 23 heavy (non-hydrogen) atoms. The number of aryl methyl sites for hydroxylation is 1. The Morgan fingerprint density at radius 2 is 2.22 bits per heavy atom. The predicted molar refractivity (Wildman–Crippen MR) is 107 cm³/mol. The number of rotatable bonds is 5. The average molecular weight is 434 g/mol. The first-order valence-corrected chi connectivity index (χ1v) is 8.41. The van der Waals surface area contributed by atoms with Gasteiger partial charge in [0, 0.05) is 19.6 Å². The van der Waals surface area contributed by atoms with Gasteiger partial charge in [-0.15, -0.1) is 24.0 Å². The van der Waals surface area contributed by atoms with Gasteiger partial charge in [-0.05, 0) is 51.9 Å². The second-order valence-electron chi connectivity index (χ2n) is 6.05. The summed E-state index contributed by atoms with van der Waals surface area (Å²) < 4.78 is 5.67. The first kappa shape index (κ1) is 20.3. The highest BCUT2D eigenvalue weighted by atomic mass is 127. The topological polar surface area (TPSA) is 52.8 Å². The number of hydrogen-bond acceptors (Lipinski definition) is 3. The molecule has 6 heteroatoms. The van der Waals surface area contributed by atoms with Gasteiger partial charge in [0.2, 0.25) is 0 Å². The average Bonchev–Trinajstić information content (AvgIpc) is 2.98. The third-order valence-electron chi connectivity index (χ3n) is 4.43. The molecule has 1 aliphatic heterocycles. The molecule has 1 saturated heterocycles. The molecule has 2 rings (SSSR count). The van der Waals surface area contributed by atoms with E-state index in [0.717, 1.165) is 30.6 Å². The second-order valence-corrected chi connectivity index (χ2v) is 6.05. The Hall–Kier alpha value is -0.760. The summed E-state index contributed by atoms with van der Waals surface area (Å²) in [7, 11) is 1.81. The molecule has 0 amide bonds. The number of furan rings is 1. The third-order valence-corrected chi connectivity index (χ3v) is 4.43. The molecule has 0 aliphatic carbocycles. The van der Waals surface area contributed by atoms with Crippen molar-refractivity contribution < 1.29 is 4.42 Å². The van der Waals surface area contributed by atoms with E-state index in [9.17, 15) is 0 Å². The van der Waals surface area contributed by atoms with E-state index in [1.165, 1.54) is 25.8 Å². The largest absolute Gasteiger partial charge is 0.464 e. The Bertz CT molecular complexity index is 489. The molecule has 2 N–H and O–H groups in total. The monoisotopic (exact) mass is 434 g/mol. The predicted octanol–water partition coefficient (Wildman–Crippen LogP) is 3.31. The molecule has 0 bridgehead atoms. The summed E-state index contributed by atoms with van der Waals surface area (Å²) in [4.78, 5) is 6.89. The number of piperidine rings is 1. The van der Waals surface area contributed by atoms with Crippen molar-refractivity contribution in [3.8, 4) is 0 Å². The number of nitrogens with zero attached hydrogens (tertiary/aromatic N) is 2. The fourth-order valence-corrected chi connectivity index (χ4v) is 3.08. The SMILES string of the molecule is CCN1CCCCC1CNC(=NC)NC(C)c1ccc(C)o1.I. The molecule has 1 fully saturated rings. The standard InChI is InChI=1S/C17H30N4O.HI/c1-5-21-11-7-6-8-15(21)12-19-17(18-4)20-14(3)16-10-9-13(2)22-16;/h9-10,14-15H,5-8,11-12H2,1-4H3,(H2,18,19,20);1H. The summed E-state index contributed by atoms with van der Waals surface area (Å²) in [6.07, 6.45) is 3.92. The summed E-state index contributed by atoms with van der Waals surface area (Å²) >= 11 is 0. The minimum absolute atomic E-state index is 0. The lowest BCUT2D eigenvalue weighted by atomic mass is 10.0. The van der Waals surface area contributed by atoms with Crippen LogP contribution < -0.4 is 10.6 Å². The Balaban J connectivity index is 0.00000264. The van der Waals surface area contributed by atoms with Crippen molar-refractivity contribution in [1.82, 2.24) is 15.5 Å². The second kappa shape index (κ2) is 10.2. The van der Waals surface area contributed by atoms with Crippen molar-refractivity contribution in [2.75, 3.05) is 26.7 Å². The lowest BCUT2D eigenvalue weighted by Crippen LogP contribution is -2.49. The van der Waals surface area contributed by atoms with E-state index in [4.69, 9.17) is 4.42 Å². The van der Waals surface area contributed by atoms with Gasteiger partial charge in [0.1, 0.15) is 11.5 Å². The number of guanidine groups is 1. The zero-order valence-corrected chi connectivity index (χ0v) is 17.1. The summed E-state index contributed by atoms with van der Waals surface area (Å²) in [5.74, 6) is 2.71. The number of nitrogens with one attached hydrogen (secondary N) is 2. The first-order valence-electron chi connectivity index (χ1n) is 8.41. The van der Waals surface area contributed by atoms with Crippen molar-refractivity contribution in [3.05, 3.63) is 23.7 Å². The molecule has 0 aromatic carbocycles. The van der Waals surface area contributed by atoms with Crippen LogP contribution >= 0.6 is 24.0 Å². The van der Waals surface area contributed by atoms with Crippen LogP contribution in [0, 0.1) is 6.92 Å². The smallest absolute Gasteiger partial charge is 0.191 e. The van der Waals surface area contributed by atoms with Gasteiger partial charge in [0.25, 0.3) is 0 Å². The fraction of sp³-hybridized carbons (Fsp3) is 0.706. The van der Waals surface area contributed by atoms with Gasteiger partial charge in [-0.3, -0.25) is 9.89 Å². The lowest BCUT2D eigenvalue weighted by Gasteiger charge is -2.35. The van der Waals surface area contributed by atoms with Gasteiger partial charge in [0.15, 0.2) is 5.96 Å². The summed E-state index contributed by atoms with van der Waals surface area (Å²) in [5, 5.41) is 6.86. The molecule has 0 saturated carbocycles. The number of aliphatic imine (C=N–C) groups is 1. The van der Waals surface area contributed by atoms with Crippen LogP contribution in [-0.4, -0.2) is 43.6 Å². The minimum atomic E-state index is 0. The van der Waals surface area contributed by atoms with E-state index in [2.05, 4.69) is 34.4 Å².